The number of hydrogen-bond acceptors (Lipinski definition) is 6. The van der Waals surface area contributed by atoms with Crippen LogP contribution in [0.1, 0.15) is 34.6 Å². The lowest BCUT2D eigenvalue weighted by molar-refractivity contribution is 0.0436. The molecule has 0 aliphatic heterocycles. The molecule has 124 valence electrons. The van der Waals surface area contributed by atoms with Crippen LogP contribution in [0, 0.1) is 6.92 Å². The van der Waals surface area contributed by atoms with Crippen LogP contribution in [-0.2, 0) is 17.8 Å². The highest BCUT2D eigenvalue weighted by Gasteiger charge is 2.21. The lowest BCUT2D eigenvalue weighted by atomic mass is 10.1. The molecule has 2 aromatic heterocycles. The van der Waals surface area contributed by atoms with Crippen molar-refractivity contribution in [1.29, 1.82) is 0 Å². The average Bonchev–Trinajstić information content (AvgIpc) is 3.20. The monoisotopic (exact) mass is 346 g/mol. The van der Waals surface area contributed by atoms with E-state index in [0.29, 0.717) is 40.1 Å². The van der Waals surface area contributed by atoms with Crippen LogP contribution in [-0.4, -0.2) is 16.1 Å². The molecule has 0 saturated heterocycles. The first-order valence-corrected chi connectivity index (χ1v) is 7.79. The summed E-state index contributed by atoms with van der Waals surface area (Å²) in [5.41, 5.74) is 1.78. The lowest BCUT2D eigenvalue weighted by Gasteiger charge is -2.02. The van der Waals surface area contributed by atoms with Crippen molar-refractivity contribution in [3.05, 3.63) is 58.4 Å². The second kappa shape index (κ2) is 6.88. The summed E-state index contributed by atoms with van der Waals surface area (Å²) in [5, 5.41) is 4.48. The molecule has 0 aliphatic rings. The molecule has 0 saturated carbocycles. The van der Waals surface area contributed by atoms with E-state index < -0.39 is 5.97 Å². The van der Waals surface area contributed by atoms with Gasteiger partial charge in [-0.25, -0.2) is 9.78 Å². The molecule has 0 amide bonds. The van der Waals surface area contributed by atoms with Gasteiger partial charge in [-0.1, -0.05) is 23.7 Å². The number of aryl methyl sites for hydroxylation is 2. The molecule has 0 bridgehead atoms. The number of nitrogens with zero attached hydrogens (tertiary/aromatic N) is 2. The van der Waals surface area contributed by atoms with Gasteiger partial charge in [0.1, 0.15) is 11.3 Å². The molecule has 3 rings (SSSR count). The van der Waals surface area contributed by atoms with Crippen LogP contribution in [0.5, 0.6) is 0 Å². The lowest BCUT2D eigenvalue weighted by Crippen LogP contribution is -2.08. The molecule has 0 N–H and O–H groups in total. The summed E-state index contributed by atoms with van der Waals surface area (Å²) in [5.74, 6) is 0.816. The quantitative estimate of drug-likeness (QED) is 0.644. The number of hydrogen-bond donors (Lipinski definition) is 0. The van der Waals surface area contributed by atoms with Gasteiger partial charge in [-0.05, 0) is 37.6 Å². The molecule has 0 radical (unpaired) electrons. The molecule has 2 heterocycles. The SMILES string of the molecule is CCc1noc(C)c1C(=O)OCc1ncc(-c2ccc(Cl)cc2)o1. The maximum absolute atomic E-state index is 12.2. The third-order valence-electron chi connectivity index (χ3n) is 3.48. The molecule has 0 aliphatic carbocycles. The largest absolute Gasteiger partial charge is 0.452 e. The predicted octanol–water partition coefficient (Wildman–Crippen LogP) is 4.21. The number of carbonyl (C=O) groups excluding carboxylic acids is 1. The topological polar surface area (TPSA) is 78.4 Å². The van der Waals surface area contributed by atoms with Crippen LogP contribution in [0.3, 0.4) is 0 Å². The smallest absolute Gasteiger partial charge is 0.344 e. The van der Waals surface area contributed by atoms with E-state index in [0.717, 1.165) is 5.56 Å². The van der Waals surface area contributed by atoms with Gasteiger partial charge in [0.05, 0.1) is 11.9 Å². The molecular formula is C17H15ClN2O4. The number of ether oxygens (including phenoxy) is 1. The molecule has 6 nitrogen and oxygen atoms in total. The second-order valence-electron chi connectivity index (χ2n) is 5.12. The van der Waals surface area contributed by atoms with Gasteiger partial charge in [0.15, 0.2) is 12.4 Å². The van der Waals surface area contributed by atoms with Crippen molar-refractivity contribution in [2.45, 2.75) is 26.9 Å². The van der Waals surface area contributed by atoms with Gasteiger partial charge < -0.3 is 13.7 Å². The fraction of sp³-hybridized carbons (Fsp3) is 0.235. The molecule has 0 spiro atoms. The minimum Gasteiger partial charge on any atom is -0.452 e. The number of oxazole rings is 1. The predicted molar refractivity (Wildman–Crippen MR) is 86.7 cm³/mol. The van der Waals surface area contributed by atoms with E-state index in [2.05, 4.69) is 10.1 Å². The van der Waals surface area contributed by atoms with Gasteiger partial charge in [-0.3, -0.25) is 0 Å². The Hall–Kier alpha value is -2.60. The number of aromatic nitrogens is 2. The van der Waals surface area contributed by atoms with E-state index in [4.69, 9.17) is 25.3 Å². The Balaban J connectivity index is 1.68. The summed E-state index contributed by atoms with van der Waals surface area (Å²) in [7, 11) is 0. The van der Waals surface area contributed by atoms with Crippen molar-refractivity contribution in [1.82, 2.24) is 10.1 Å². The normalized spacial score (nSPS) is 10.8. The van der Waals surface area contributed by atoms with Crippen LogP contribution < -0.4 is 0 Å². The Labute approximate surface area is 143 Å². The van der Waals surface area contributed by atoms with Crippen LogP contribution in [0.2, 0.25) is 5.02 Å². The Morgan fingerprint density at radius 3 is 2.75 bits per heavy atom. The second-order valence-corrected chi connectivity index (χ2v) is 5.55. The molecule has 0 unspecified atom stereocenters. The summed E-state index contributed by atoms with van der Waals surface area (Å²) in [4.78, 5) is 16.3. The molecule has 0 fully saturated rings. The third-order valence-corrected chi connectivity index (χ3v) is 3.73. The van der Waals surface area contributed by atoms with Crippen molar-refractivity contribution in [2.24, 2.45) is 0 Å². The maximum Gasteiger partial charge on any atom is 0.344 e. The third kappa shape index (κ3) is 3.33. The zero-order valence-corrected chi connectivity index (χ0v) is 14.0. The van der Waals surface area contributed by atoms with Gasteiger partial charge in [0, 0.05) is 10.6 Å². The summed E-state index contributed by atoms with van der Waals surface area (Å²) in [6.07, 6.45) is 2.16. The van der Waals surface area contributed by atoms with Gasteiger partial charge in [0.2, 0.25) is 5.89 Å². The van der Waals surface area contributed by atoms with Crippen molar-refractivity contribution in [2.75, 3.05) is 0 Å². The van der Waals surface area contributed by atoms with Crippen molar-refractivity contribution in [3.8, 4) is 11.3 Å². The molecule has 7 heteroatoms. The highest BCUT2D eigenvalue weighted by atomic mass is 35.5. The number of esters is 1. The van der Waals surface area contributed by atoms with Crippen LogP contribution in [0.15, 0.2) is 39.4 Å². The van der Waals surface area contributed by atoms with E-state index in [1.165, 1.54) is 0 Å². The number of halogens is 1. The van der Waals surface area contributed by atoms with Crippen LogP contribution in [0.4, 0.5) is 0 Å². The fourth-order valence-electron chi connectivity index (χ4n) is 2.24. The summed E-state index contributed by atoms with van der Waals surface area (Å²) in [6.45, 7) is 3.49. The Kier molecular flexibility index (Phi) is 4.66. The minimum atomic E-state index is -0.503. The van der Waals surface area contributed by atoms with E-state index in [-0.39, 0.29) is 6.61 Å². The molecule has 1 aromatic carbocycles. The molecular weight excluding hydrogens is 332 g/mol. The first-order valence-electron chi connectivity index (χ1n) is 7.41. The molecule has 0 atom stereocenters. The highest BCUT2D eigenvalue weighted by molar-refractivity contribution is 6.30. The van der Waals surface area contributed by atoms with E-state index in [1.807, 2.05) is 19.1 Å². The number of rotatable bonds is 5. The van der Waals surface area contributed by atoms with Crippen molar-refractivity contribution in [3.63, 3.8) is 0 Å². The van der Waals surface area contributed by atoms with Gasteiger partial charge >= 0.3 is 5.97 Å². The van der Waals surface area contributed by atoms with Crippen molar-refractivity contribution < 1.29 is 18.5 Å². The zero-order valence-electron chi connectivity index (χ0n) is 13.2. The average molecular weight is 347 g/mol. The van der Waals surface area contributed by atoms with Crippen molar-refractivity contribution >= 4 is 17.6 Å². The number of benzene rings is 1. The maximum atomic E-state index is 12.2. The minimum absolute atomic E-state index is 0.0692. The zero-order chi connectivity index (χ0) is 17.1. The summed E-state index contributed by atoms with van der Waals surface area (Å²) in [6, 6.07) is 7.18. The standard InChI is InChI=1S/C17H15ClN2O4/c1-3-13-16(10(2)24-20-13)17(21)22-9-15-19-8-14(23-15)11-4-6-12(18)7-5-11/h4-8H,3,9H2,1-2H3. The Bertz CT molecular complexity index is 852. The Morgan fingerprint density at radius 2 is 2.04 bits per heavy atom. The Morgan fingerprint density at radius 1 is 1.29 bits per heavy atom. The van der Waals surface area contributed by atoms with E-state index in [1.54, 1.807) is 25.3 Å². The van der Waals surface area contributed by atoms with Crippen LogP contribution >= 0.6 is 11.6 Å². The van der Waals surface area contributed by atoms with E-state index in [9.17, 15) is 4.79 Å². The first kappa shape index (κ1) is 16.3. The van der Waals surface area contributed by atoms with Gasteiger partial charge in [-0.15, -0.1) is 0 Å². The first-order chi connectivity index (χ1) is 11.6. The number of carbonyl (C=O) groups is 1. The molecule has 3 aromatic rings. The van der Waals surface area contributed by atoms with Gasteiger partial charge in [-0.2, -0.15) is 0 Å². The molecule has 24 heavy (non-hydrogen) atoms. The summed E-state index contributed by atoms with van der Waals surface area (Å²) >= 11 is 5.86. The van der Waals surface area contributed by atoms with Gasteiger partial charge in [0.25, 0.3) is 0 Å². The highest BCUT2D eigenvalue weighted by Crippen LogP contribution is 2.23. The summed E-state index contributed by atoms with van der Waals surface area (Å²) < 4.78 is 15.9. The van der Waals surface area contributed by atoms with E-state index >= 15 is 0 Å². The fourth-order valence-corrected chi connectivity index (χ4v) is 2.37. The van der Waals surface area contributed by atoms with Crippen LogP contribution in [0.25, 0.3) is 11.3 Å².